The molecule has 1 aromatic rings. The number of alkyl halides is 3. The van der Waals surface area contributed by atoms with Crippen LogP contribution in [-0.4, -0.2) is 5.11 Å². The van der Waals surface area contributed by atoms with Crippen molar-refractivity contribution in [3.8, 4) is 5.75 Å². The molecule has 0 saturated carbocycles. The third-order valence-corrected chi connectivity index (χ3v) is 2.23. The van der Waals surface area contributed by atoms with Crippen molar-refractivity contribution in [1.29, 1.82) is 0 Å². The van der Waals surface area contributed by atoms with Gasteiger partial charge in [-0.05, 0) is 12.5 Å². The van der Waals surface area contributed by atoms with Gasteiger partial charge < -0.3 is 5.11 Å². The zero-order chi connectivity index (χ0) is 12.5. The first-order chi connectivity index (χ1) is 7.29. The molecule has 0 fully saturated rings. The maximum atomic E-state index is 13.1. The third kappa shape index (κ3) is 2.29. The monoisotopic (exact) mass is 254 g/mol. The molecule has 1 N–H and O–H groups in total. The zero-order valence-corrected chi connectivity index (χ0v) is 8.66. The van der Waals surface area contributed by atoms with Crippen molar-refractivity contribution in [2.45, 2.75) is 12.6 Å². The summed E-state index contributed by atoms with van der Waals surface area (Å²) in [5, 5.41) is 8.48. The summed E-state index contributed by atoms with van der Waals surface area (Å²) in [5.41, 5.74) is -1.72. The van der Waals surface area contributed by atoms with Gasteiger partial charge in [-0.25, -0.2) is 4.39 Å². The van der Waals surface area contributed by atoms with E-state index >= 15 is 0 Å². The fraction of sp³-hybridized carbons (Fsp3) is 0.200. The first-order valence-corrected chi connectivity index (χ1v) is 4.54. The van der Waals surface area contributed by atoms with Crippen LogP contribution < -0.4 is 0 Å². The first kappa shape index (κ1) is 12.8. The number of benzene rings is 1. The molecular weight excluding hydrogens is 248 g/mol. The average molecular weight is 255 g/mol. The predicted octanol–water partition coefficient (Wildman–Crippen LogP) is 3.93. The van der Waals surface area contributed by atoms with Crippen LogP contribution >= 0.6 is 11.6 Å². The van der Waals surface area contributed by atoms with Crippen LogP contribution in [0.3, 0.4) is 0 Å². The van der Waals surface area contributed by atoms with E-state index in [0.29, 0.717) is 6.07 Å². The van der Waals surface area contributed by atoms with Crippen LogP contribution in [-0.2, 0) is 12.6 Å². The number of allylic oxidation sites excluding steroid dienone is 1. The molecule has 0 unspecified atom stereocenters. The van der Waals surface area contributed by atoms with E-state index in [4.69, 9.17) is 11.6 Å². The lowest BCUT2D eigenvalue weighted by atomic mass is 10.0. The van der Waals surface area contributed by atoms with Crippen molar-refractivity contribution < 1.29 is 22.7 Å². The molecule has 0 radical (unpaired) electrons. The van der Waals surface area contributed by atoms with Crippen LogP contribution in [0.2, 0.25) is 5.02 Å². The molecule has 6 heteroatoms. The van der Waals surface area contributed by atoms with Gasteiger partial charge in [0.2, 0.25) is 0 Å². The lowest BCUT2D eigenvalue weighted by molar-refractivity contribution is -0.138. The fourth-order valence-corrected chi connectivity index (χ4v) is 1.45. The lowest BCUT2D eigenvalue weighted by Gasteiger charge is -2.14. The molecule has 0 aromatic heterocycles. The Morgan fingerprint density at radius 3 is 2.44 bits per heavy atom. The van der Waals surface area contributed by atoms with E-state index in [2.05, 4.69) is 6.58 Å². The topological polar surface area (TPSA) is 20.2 Å². The summed E-state index contributed by atoms with van der Waals surface area (Å²) < 4.78 is 50.7. The van der Waals surface area contributed by atoms with E-state index in [1.807, 2.05) is 0 Å². The highest BCUT2D eigenvalue weighted by Gasteiger charge is 2.35. The van der Waals surface area contributed by atoms with Crippen molar-refractivity contribution in [3.63, 3.8) is 0 Å². The molecular formula is C10H7ClF4O. The Morgan fingerprint density at radius 1 is 1.44 bits per heavy atom. The summed E-state index contributed by atoms with van der Waals surface area (Å²) in [7, 11) is 0. The number of aromatic hydroxyl groups is 1. The maximum absolute atomic E-state index is 13.1. The van der Waals surface area contributed by atoms with Crippen LogP contribution in [0.25, 0.3) is 0 Å². The number of hydrogen-bond donors (Lipinski definition) is 1. The van der Waals surface area contributed by atoms with Crippen molar-refractivity contribution in [2.24, 2.45) is 0 Å². The number of phenols is 1. The molecule has 16 heavy (non-hydrogen) atoms. The molecule has 0 spiro atoms. The molecule has 0 atom stereocenters. The molecule has 1 rings (SSSR count). The van der Waals surface area contributed by atoms with Crippen molar-refractivity contribution >= 4 is 11.6 Å². The highest BCUT2D eigenvalue weighted by Crippen LogP contribution is 2.40. The van der Waals surface area contributed by atoms with Crippen LogP contribution in [0.4, 0.5) is 17.6 Å². The van der Waals surface area contributed by atoms with Gasteiger partial charge in [-0.3, -0.25) is 0 Å². The quantitative estimate of drug-likeness (QED) is 0.626. The second-order valence-electron chi connectivity index (χ2n) is 3.04. The Kier molecular flexibility index (Phi) is 3.48. The molecule has 0 aliphatic rings. The van der Waals surface area contributed by atoms with Crippen LogP contribution in [0.1, 0.15) is 11.1 Å². The molecule has 0 saturated heterocycles. The molecule has 88 valence electrons. The van der Waals surface area contributed by atoms with Gasteiger partial charge in [-0.1, -0.05) is 17.7 Å². The van der Waals surface area contributed by atoms with Gasteiger partial charge in [0.1, 0.15) is 0 Å². The van der Waals surface area contributed by atoms with Gasteiger partial charge >= 0.3 is 6.18 Å². The molecule has 0 aliphatic heterocycles. The summed E-state index contributed by atoms with van der Waals surface area (Å²) in [6.45, 7) is 3.24. The standard InChI is InChI=1S/C10H7ClF4O/c1-2-3-5-6(10(13,14)15)4-7(11)8(12)9(5)16/h2,4,16H,1,3H2. The van der Waals surface area contributed by atoms with E-state index in [9.17, 15) is 22.7 Å². The zero-order valence-electron chi connectivity index (χ0n) is 7.91. The SMILES string of the molecule is C=CCc1c(C(F)(F)F)cc(Cl)c(F)c1O. The Morgan fingerprint density at radius 2 is 2.00 bits per heavy atom. The number of halogens is 5. The van der Waals surface area contributed by atoms with Crippen LogP contribution in [0, 0.1) is 5.82 Å². The number of hydrogen-bond acceptors (Lipinski definition) is 1. The van der Waals surface area contributed by atoms with Gasteiger partial charge in [0.15, 0.2) is 11.6 Å². The maximum Gasteiger partial charge on any atom is 0.416 e. The summed E-state index contributed by atoms with van der Waals surface area (Å²) in [4.78, 5) is 0. The Bertz CT molecular complexity index is 426. The first-order valence-electron chi connectivity index (χ1n) is 4.17. The second kappa shape index (κ2) is 4.33. The Balaban J connectivity index is 3.53. The minimum absolute atomic E-state index is 0.297. The summed E-state index contributed by atoms with van der Waals surface area (Å²) in [6, 6.07) is 0.454. The van der Waals surface area contributed by atoms with E-state index in [1.165, 1.54) is 0 Å². The van der Waals surface area contributed by atoms with Gasteiger partial charge in [-0.15, -0.1) is 6.58 Å². The Hall–Kier alpha value is -1.23. The third-order valence-electron chi connectivity index (χ3n) is 1.95. The predicted molar refractivity (Wildman–Crippen MR) is 52.0 cm³/mol. The fourth-order valence-electron chi connectivity index (χ4n) is 1.25. The normalized spacial score (nSPS) is 11.6. The van der Waals surface area contributed by atoms with Crippen molar-refractivity contribution in [1.82, 2.24) is 0 Å². The van der Waals surface area contributed by atoms with E-state index in [-0.39, 0.29) is 6.42 Å². The van der Waals surface area contributed by atoms with E-state index in [1.54, 1.807) is 0 Å². The highest BCUT2D eigenvalue weighted by atomic mass is 35.5. The Labute approximate surface area is 94.0 Å². The highest BCUT2D eigenvalue weighted by molar-refractivity contribution is 6.31. The van der Waals surface area contributed by atoms with Gasteiger partial charge in [0.05, 0.1) is 10.6 Å². The van der Waals surface area contributed by atoms with E-state index < -0.39 is 33.9 Å². The smallest absolute Gasteiger partial charge is 0.416 e. The van der Waals surface area contributed by atoms with Gasteiger partial charge in [-0.2, -0.15) is 13.2 Å². The molecule has 0 aliphatic carbocycles. The van der Waals surface area contributed by atoms with Crippen molar-refractivity contribution in [2.75, 3.05) is 0 Å². The van der Waals surface area contributed by atoms with Gasteiger partial charge in [0.25, 0.3) is 0 Å². The average Bonchev–Trinajstić information content (AvgIpc) is 2.17. The number of rotatable bonds is 2. The molecule has 0 bridgehead atoms. The molecule has 0 amide bonds. The van der Waals surface area contributed by atoms with E-state index in [0.717, 1.165) is 6.08 Å². The minimum atomic E-state index is -4.70. The molecule has 1 aromatic carbocycles. The molecule has 0 heterocycles. The van der Waals surface area contributed by atoms with Crippen LogP contribution in [0.15, 0.2) is 18.7 Å². The lowest BCUT2D eigenvalue weighted by Crippen LogP contribution is -2.10. The summed E-state index contributed by atoms with van der Waals surface area (Å²) >= 11 is 5.24. The summed E-state index contributed by atoms with van der Waals surface area (Å²) in [5.74, 6) is -2.34. The van der Waals surface area contributed by atoms with Gasteiger partial charge in [0, 0.05) is 5.56 Å². The van der Waals surface area contributed by atoms with Crippen LogP contribution in [0.5, 0.6) is 5.75 Å². The number of phenolic OH excluding ortho intramolecular Hbond substituents is 1. The summed E-state index contributed by atoms with van der Waals surface area (Å²) in [6.07, 6.45) is -3.86. The largest absolute Gasteiger partial charge is 0.505 e. The minimum Gasteiger partial charge on any atom is -0.505 e. The van der Waals surface area contributed by atoms with Crippen molar-refractivity contribution in [3.05, 3.63) is 40.7 Å². The molecule has 1 nitrogen and oxygen atoms in total. The second-order valence-corrected chi connectivity index (χ2v) is 3.44.